The Bertz CT molecular complexity index is 958. The van der Waals surface area contributed by atoms with Crippen LogP contribution in [-0.2, 0) is 6.61 Å². The minimum Gasteiger partial charge on any atom is -0.486 e. The van der Waals surface area contributed by atoms with Crippen LogP contribution in [0, 0.1) is 6.92 Å². The lowest BCUT2D eigenvalue weighted by atomic mass is 9.95. The van der Waals surface area contributed by atoms with Crippen molar-refractivity contribution in [3.8, 4) is 5.75 Å². The highest BCUT2D eigenvalue weighted by Gasteiger charge is 2.17. The molecule has 0 aliphatic carbocycles. The van der Waals surface area contributed by atoms with Gasteiger partial charge in [-0.1, -0.05) is 57.2 Å². The number of nitrogens with one attached hydrogen (secondary N) is 1. The molecule has 2 atom stereocenters. The Hall–Kier alpha value is -3.01. The molecule has 1 aromatic heterocycles. The Kier molecular flexibility index (Phi) is 7.34. The molecule has 1 heterocycles. The van der Waals surface area contributed by atoms with Crippen LogP contribution in [0.15, 0.2) is 65.1 Å². The molecule has 4 nitrogen and oxygen atoms in total. The van der Waals surface area contributed by atoms with Crippen molar-refractivity contribution in [2.75, 3.05) is 0 Å². The largest absolute Gasteiger partial charge is 0.486 e. The molecule has 0 saturated carbocycles. The van der Waals surface area contributed by atoms with Gasteiger partial charge in [0.05, 0.1) is 6.04 Å². The van der Waals surface area contributed by atoms with Crippen molar-refractivity contribution in [2.24, 2.45) is 0 Å². The predicted molar refractivity (Wildman–Crippen MR) is 120 cm³/mol. The molecule has 0 fully saturated rings. The van der Waals surface area contributed by atoms with Gasteiger partial charge >= 0.3 is 0 Å². The highest BCUT2D eigenvalue weighted by molar-refractivity contribution is 5.91. The van der Waals surface area contributed by atoms with E-state index in [0.29, 0.717) is 17.4 Å². The molecule has 3 aromatic rings. The molecule has 158 valence electrons. The number of hydrogen-bond donors (Lipinski definition) is 1. The van der Waals surface area contributed by atoms with Gasteiger partial charge in [0.1, 0.15) is 18.1 Å². The second kappa shape index (κ2) is 10.1. The summed E-state index contributed by atoms with van der Waals surface area (Å²) in [7, 11) is 0. The van der Waals surface area contributed by atoms with Crippen LogP contribution >= 0.6 is 0 Å². The molecule has 1 N–H and O–H groups in total. The van der Waals surface area contributed by atoms with Crippen molar-refractivity contribution in [1.82, 2.24) is 5.32 Å². The Morgan fingerprint density at radius 1 is 1.00 bits per heavy atom. The van der Waals surface area contributed by atoms with Gasteiger partial charge in [-0.15, -0.1) is 0 Å². The van der Waals surface area contributed by atoms with E-state index in [0.717, 1.165) is 29.7 Å². The van der Waals surface area contributed by atoms with Gasteiger partial charge in [0, 0.05) is 0 Å². The molecule has 0 saturated heterocycles. The van der Waals surface area contributed by atoms with E-state index < -0.39 is 0 Å². The summed E-state index contributed by atoms with van der Waals surface area (Å²) in [6, 6.07) is 19.8. The van der Waals surface area contributed by atoms with Gasteiger partial charge in [-0.05, 0) is 66.6 Å². The van der Waals surface area contributed by atoms with Crippen molar-refractivity contribution in [3.05, 3.63) is 88.9 Å². The fourth-order valence-corrected chi connectivity index (χ4v) is 3.38. The molecule has 2 aromatic carbocycles. The zero-order valence-electron chi connectivity index (χ0n) is 18.3. The van der Waals surface area contributed by atoms with Crippen molar-refractivity contribution < 1.29 is 13.9 Å². The summed E-state index contributed by atoms with van der Waals surface area (Å²) in [5.41, 5.74) is 3.56. The molecule has 2 unspecified atom stereocenters. The van der Waals surface area contributed by atoms with Crippen LogP contribution in [0.5, 0.6) is 5.75 Å². The molecule has 4 heteroatoms. The zero-order chi connectivity index (χ0) is 21.5. The van der Waals surface area contributed by atoms with Crippen LogP contribution in [0.3, 0.4) is 0 Å². The number of ether oxygens (including phenoxy) is 1. The molecule has 0 spiro atoms. The van der Waals surface area contributed by atoms with E-state index in [1.54, 1.807) is 12.1 Å². The first-order valence-corrected chi connectivity index (χ1v) is 10.7. The van der Waals surface area contributed by atoms with Crippen LogP contribution in [0.25, 0.3) is 0 Å². The van der Waals surface area contributed by atoms with Gasteiger partial charge in [-0.3, -0.25) is 4.79 Å². The van der Waals surface area contributed by atoms with Gasteiger partial charge < -0.3 is 14.5 Å². The summed E-state index contributed by atoms with van der Waals surface area (Å²) in [5, 5.41) is 3.08. The van der Waals surface area contributed by atoms with Crippen molar-refractivity contribution >= 4 is 5.91 Å². The normalized spacial score (nSPS) is 12.9. The highest BCUT2D eigenvalue weighted by atomic mass is 16.5. The third-order valence-corrected chi connectivity index (χ3v) is 5.49. The zero-order valence-corrected chi connectivity index (χ0v) is 18.3. The Morgan fingerprint density at radius 3 is 2.40 bits per heavy atom. The number of furan rings is 1. The number of carbonyl (C=O) groups is 1. The summed E-state index contributed by atoms with van der Waals surface area (Å²) in [4.78, 5) is 12.7. The van der Waals surface area contributed by atoms with Crippen molar-refractivity contribution in [3.63, 3.8) is 0 Å². The van der Waals surface area contributed by atoms with E-state index in [1.807, 2.05) is 31.2 Å². The third-order valence-electron chi connectivity index (χ3n) is 5.49. The SMILES string of the molecule is CCC(C)c1ccc(C(CC)NC(=O)c2ccc(COc3cccc(C)c3)o2)cc1. The summed E-state index contributed by atoms with van der Waals surface area (Å²) in [6.45, 7) is 8.79. The van der Waals surface area contributed by atoms with Crippen LogP contribution in [0.2, 0.25) is 0 Å². The lowest BCUT2D eigenvalue weighted by molar-refractivity contribution is 0.0903. The lowest BCUT2D eigenvalue weighted by Crippen LogP contribution is -2.27. The fraction of sp³-hybridized carbons (Fsp3) is 0.346. The van der Waals surface area contributed by atoms with E-state index in [4.69, 9.17) is 9.15 Å². The first kappa shape index (κ1) is 21.7. The van der Waals surface area contributed by atoms with Gasteiger partial charge in [0.2, 0.25) is 0 Å². The Morgan fingerprint density at radius 2 is 1.73 bits per heavy atom. The molecule has 3 rings (SSSR count). The van der Waals surface area contributed by atoms with Gasteiger partial charge in [-0.25, -0.2) is 0 Å². The third kappa shape index (κ3) is 5.53. The van der Waals surface area contributed by atoms with E-state index in [-0.39, 0.29) is 18.6 Å². The monoisotopic (exact) mass is 405 g/mol. The number of rotatable bonds is 9. The van der Waals surface area contributed by atoms with E-state index in [9.17, 15) is 4.79 Å². The second-order valence-corrected chi connectivity index (χ2v) is 7.78. The minimum atomic E-state index is -0.213. The average Bonchev–Trinajstić information content (AvgIpc) is 3.25. The van der Waals surface area contributed by atoms with E-state index in [1.165, 1.54) is 5.56 Å². The summed E-state index contributed by atoms with van der Waals surface area (Å²) in [5.74, 6) is 2.02. The number of amides is 1. The van der Waals surface area contributed by atoms with Crippen LogP contribution in [0.4, 0.5) is 0 Å². The van der Waals surface area contributed by atoms with Crippen molar-refractivity contribution in [2.45, 2.75) is 59.1 Å². The van der Waals surface area contributed by atoms with E-state index in [2.05, 4.69) is 50.4 Å². The maximum absolute atomic E-state index is 12.7. The van der Waals surface area contributed by atoms with Gasteiger partial charge in [-0.2, -0.15) is 0 Å². The molecule has 1 amide bonds. The Labute approximate surface area is 179 Å². The molecule has 30 heavy (non-hydrogen) atoms. The number of aryl methyl sites for hydroxylation is 1. The quantitative estimate of drug-likeness (QED) is 0.438. The summed E-state index contributed by atoms with van der Waals surface area (Å²) < 4.78 is 11.5. The number of hydrogen-bond acceptors (Lipinski definition) is 3. The number of benzene rings is 2. The number of carbonyl (C=O) groups excluding carboxylic acids is 1. The molecular formula is C26H31NO3. The first-order chi connectivity index (χ1) is 14.5. The maximum Gasteiger partial charge on any atom is 0.287 e. The van der Waals surface area contributed by atoms with Crippen LogP contribution < -0.4 is 10.1 Å². The highest BCUT2D eigenvalue weighted by Crippen LogP contribution is 2.23. The minimum absolute atomic E-state index is 0.0550. The van der Waals surface area contributed by atoms with Gasteiger partial charge in [0.25, 0.3) is 5.91 Å². The average molecular weight is 406 g/mol. The van der Waals surface area contributed by atoms with Crippen LogP contribution in [-0.4, -0.2) is 5.91 Å². The van der Waals surface area contributed by atoms with Gasteiger partial charge in [0.15, 0.2) is 5.76 Å². The smallest absolute Gasteiger partial charge is 0.287 e. The predicted octanol–water partition coefficient (Wildman–Crippen LogP) is 6.56. The van der Waals surface area contributed by atoms with E-state index >= 15 is 0 Å². The summed E-state index contributed by atoms with van der Waals surface area (Å²) in [6.07, 6.45) is 1.92. The van der Waals surface area contributed by atoms with Crippen LogP contribution in [0.1, 0.15) is 78.6 Å². The first-order valence-electron chi connectivity index (χ1n) is 10.7. The molecular weight excluding hydrogens is 374 g/mol. The molecule has 0 aliphatic rings. The molecule has 0 radical (unpaired) electrons. The van der Waals surface area contributed by atoms with Crippen molar-refractivity contribution in [1.29, 1.82) is 0 Å². The standard InChI is InChI=1S/C26H31NO3/c1-5-19(4)20-10-12-21(13-11-20)24(6-2)27-26(28)25-15-14-23(30-25)17-29-22-9-7-8-18(3)16-22/h7-16,19,24H,5-6,17H2,1-4H3,(H,27,28). The molecule has 0 bridgehead atoms. The maximum atomic E-state index is 12.7. The summed E-state index contributed by atoms with van der Waals surface area (Å²) >= 11 is 0. The topological polar surface area (TPSA) is 51.5 Å². The second-order valence-electron chi connectivity index (χ2n) is 7.78. The fourth-order valence-electron chi connectivity index (χ4n) is 3.38. The lowest BCUT2D eigenvalue weighted by Gasteiger charge is -2.18. The Balaban J connectivity index is 1.60. The molecule has 0 aliphatic heterocycles.